The van der Waals surface area contributed by atoms with Gasteiger partial charge in [-0.25, -0.2) is 0 Å². The number of benzene rings is 1. The molecule has 4 nitrogen and oxygen atoms in total. The van der Waals surface area contributed by atoms with E-state index in [4.69, 9.17) is 16.0 Å². The summed E-state index contributed by atoms with van der Waals surface area (Å²) >= 11 is 6.12. The maximum atomic E-state index is 12.8. The molecule has 4 fully saturated rings. The highest BCUT2D eigenvalue weighted by Crippen LogP contribution is 2.53. The molecule has 4 heterocycles. The van der Waals surface area contributed by atoms with Crippen LogP contribution in [0, 0.1) is 5.92 Å². The van der Waals surface area contributed by atoms with Crippen LogP contribution in [0.4, 0.5) is 0 Å². The third kappa shape index (κ3) is 1.98. The number of furan rings is 1. The molecule has 2 aromatic rings. The minimum absolute atomic E-state index is 0.00851. The van der Waals surface area contributed by atoms with Crippen LogP contribution >= 0.6 is 11.6 Å². The van der Waals surface area contributed by atoms with Gasteiger partial charge in [-0.1, -0.05) is 11.6 Å². The Morgan fingerprint density at radius 2 is 2.09 bits per heavy atom. The monoisotopic (exact) mass is 330 g/mol. The van der Waals surface area contributed by atoms with Crippen LogP contribution in [0.2, 0.25) is 5.02 Å². The molecule has 0 radical (unpaired) electrons. The molecule has 120 valence electrons. The van der Waals surface area contributed by atoms with Crippen LogP contribution in [0.25, 0.3) is 11.0 Å². The van der Waals surface area contributed by atoms with E-state index in [1.54, 1.807) is 0 Å². The van der Waals surface area contributed by atoms with Gasteiger partial charge in [-0.3, -0.25) is 9.69 Å². The van der Waals surface area contributed by atoms with Crippen molar-refractivity contribution in [3.05, 3.63) is 35.0 Å². The molecule has 0 unspecified atom stereocenters. The van der Waals surface area contributed by atoms with Gasteiger partial charge in [0.1, 0.15) is 11.8 Å². The normalized spacial score (nSPS) is 30.7. The fourth-order valence-corrected chi connectivity index (χ4v) is 4.88. The Balaban J connectivity index is 1.43. The molecule has 23 heavy (non-hydrogen) atoms. The molecule has 4 aliphatic rings. The average molecular weight is 331 g/mol. The zero-order valence-electron chi connectivity index (χ0n) is 12.8. The Morgan fingerprint density at radius 1 is 1.30 bits per heavy atom. The second-order valence-corrected chi connectivity index (χ2v) is 7.58. The Bertz CT molecular complexity index is 787. The number of carbonyl (C=O) groups excluding carboxylic acids is 1. The van der Waals surface area contributed by atoms with Crippen molar-refractivity contribution in [3.8, 4) is 0 Å². The van der Waals surface area contributed by atoms with E-state index in [1.807, 2.05) is 18.2 Å². The van der Waals surface area contributed by atoms with Crippen LogP contribution < -0.4 is 5.32 Å². The average Bonchev–Trinajstić information content (AvgIpc) is 3.28. The lowest BCUT2D eigenvalue weighted by atomic mass is 9.77. The zero-order valence-corrected chi connectivity index (χ0v) is 13.6. The smallest absolute Gasteiger partial charge is 0.251 e. The molecule has 1 spiro atoms. The number of halogens is 1. The van der Waals surface area contributed by atoms with Crippen molar-refractivity contribution in [2.75, 3.05) is 13.1 Å². The molecular formula is C18H19ClN2O2. The van der Waals surface area contributed by atoms with Gasteiger partial charge in [-0.15, -0.1) is 0 Å². The van der Waals surface area contributed by atoms with Gasteiger partial charge in [-0.05, 0) is 62.9 Å². The van der Waals surface area contributed by atoms with Crippen molar-refractivity contribution >= 4 is 28.5 Å². The summed E-state index contributed by atoms with van der Waals surface area (Å²) in [6.07, 6.45) is 6.38. The molecule has 3 aliphatic heterocycles. The van der Waals surface area contributed by atoms with Gasteiger partial charge in [0.2, 0.25) is 0 Å². The molecule has 2 bridgehead atoms. The highest BCUT2D eigenvalue weighted by molar-refractivity contribution is 6.35. The Hall–Kier alpha value is -1.52. The minimum Gasteiger partial charge on any atom is -0.463 e. The third-order valence-corrected chi connectivity index (χ3v) is 6.35. The number of amides is 1. The van der Waals surface area contributed by atoms with Crippen molar-refractivity contribution in [3.63, 3.8) is 0 Å². The van der Waals surface area contributed by atoms with Crippen LogP contribution in [-0.4, -0.2) is 35.5 Å². The first-order valence-electron chi connectivity index (χ1n) is 8.40. The second kappa shape index (κ2) is 4.74. The summed E-state index contributed by atoms with van der Waals surface area (Å²) in [5.74, 6) is 0.641. The number of nitrogens with zero attached hydrogens (tertiary/aromatic N) is 1. The van der Waals surface area contributed by atoms with Crippen molar-refractivity contribution in [2.45, 2.75) is 37.3 Å². The number of carbonyl (C=O) groups is 1. The van der Waals surface area contributed by atoms with E-state index >= 15 is 0 Å². The van der Waals surface area contributed by atoms with Crippen molar-refractivity contribution in [1.82, 2.24) is 10.2 Å². The standard InChI is InChI=1S/C18H19ClN2O2/c19-14-10-23-15-2-1-12(9-13(14)15)17(22)20-16-11-3-7-21(8-4-11)18(16)5-6-18/h1-2,9-11,16H,3-8H2,(H,20,22)/t16-/m0/s1. The maximum Gasteiger partial charge on any atom is 0.251 e. The Labute approximate surface area is 139 Å². The van der Waals surface area contributed by atoms with Crippen molar-refractivity contribution < 1.29 is 9.21 Å². The SMILES string of the molecule is O=C(N[C@H]1C2CCN(CC2)C12CC2)c1ccc2occ(Cl)c2c1. The molecule has 1 saturated carbocycles. The lowest BCUT2D eigenvalue weighted by Gasteiger charge is -2.52. The molecule has 6 rings (SSSR count). The second-order valence-electron chi connectivity index (χ2n) is 7.17. The van der Waals surface area contributed by atoms with Gasteiger partial charge in [0, 0.05) is 16.5 Å². The molecule has 5 heteroatoms. The maximum absolute atomic E-state index is 12.8. The molecule has 1 aromatic carbocycles. The Kier molecular flexibility index (Phi) is 2.86. The van der Waals surface area contributed by atoms with Crippen LogP contribution in [0.1, 0.15) is 36.0 Å². The predicted octanol–water partition coefficient (Wildman–Crippen LogP) is 3.44. The Morgan fingerprint density at radius 3 is 2.83 bits per heavy atom. The number of fused-ring (bicyclic) bond motifs is 3. The number of hydrogen-bond acceptors (Lipinski definition) is 3. The van der Waals surface area contributed by atoms with E-state index in [2.05, 4.69) is 10.2 Å². The summed E-state index contributed by atoms with van der Waals surface area (Å²) in [4.78, 5) is 15.4. The zero-order chi connectivity index (χ0) is 15.6. The molecule has 1 aromatic heterocycles. The quantitative estimate of drug-likeness (QED) is 0.917. The highest BCUT2D eigenvalue weighted by Gasteiger charge is 2.60. The van der Waals surface area contributed by atoms with Crippen LogP contribution in [0.5, 0.6) is 0 Å². The lowest BCUT2D eigenvalue weighted by Crippen LogP contribution is -2.65. The van der Waals surface area contributed by atoms with Crippen molar-refractivity contribution in [2.24, 2.45) is 5.92 Å². The summed E-state index contributed by atoms with van der Waals surface area (Å²) in [5, 5.41) is 4.69. The molecule has 1 aliphatic carbocycles. The fourth-order valence-electron chi connectivity index (χ4n) is 4.68. The summed E-state index contributed by atoms with van der Waals surface area (Å²) < 4.78 is 5.35. The van der Waals surface area contributed by atoms with E-state index < -0.39 is 0 Å². The highest BCUT2D eigenvalue weighted by atomic mass is 35.5. The fraction of sp³-hybridized carbons (Fsp3) is 0.500. The van der Waals surface area contributed by atoms with Crippen molar-refractivity contribution in [1.29, 1.82) is 0 Å². The van der Waals surface area contributed by atoms with E-state index in [0.29, 0.717) is 28.1 Å². The first kappa shape index (κ1) is 13.9. The number of piperidine rings is 3. The molecule has 3 saturated heterocycles. The predicted molar refractivity (Wildman–Crippen MR) is 88.7 cm³/mol. The van der Waals surface area contributed by atoms with Gasteiger partial charge in [-0.2, -0.15) is 0 Å². The van der Waals surface area contributed by atoms with Crippen LogP contribution in [-0.2, 0) is 0 Å². The third-order valence-electron chi connectivity index (χ3n) is 6.06. The van der Waals surface area contributed by atoms with Gasteiger partial charge in [0.25, 0.3) is 5.91 Å². The van der Waals surface area contributed by atoms with Gasteiger partial charge in [0.05, 0.1) is 11.1 Å². The summed E-state index contributed by atoms with van der Waals surface area (Å²) in [6, 6.07) is 5.77. The van der Waals surface area contributed by atoms with Gasteiger partial charge in [0.15, 0.2) is 0 Å². The van der Waals surface area contributed by atoms with E-state index in [1.165, 1.54) is 45.0 Å². The van der Waals surface area contributed by atoms with E-state index in [9.17, 15) is 4.79 Å². The first-order valence-corrected chi connectivity index (χ1v) is 8.78. The number of hydrogen-bond donors (Lipinski definition) is 1. The first-order chi connectivity index (χ1) is 11.2. The van der Waals surface area contributed by atoms with E-state index in [0.717, 1.165) is 5.39 Å². The molecule has 1 N–H and O–H groups in total. The number of rotatable bonds is 2. The lowest BCUT2D eigenvalue weighted by molar-refractivity contribution is -0.00144. The van der Waals surface area contributed by atoms with Crippen LogP contribution in [0.15, 0.2) is 28.9 Å². The molecular weight excluding hydrogens is 312 g/mol. The number of nitrogens with one attached hydrogen (secondary N) is 1. The summed E-state index contributed by atoms with van der Waals surface area (Å²) in [5.41, 5.74) is 1.63. The molecule has 1 atom stereocenters. The van der Waals surface area contributed by atoms with Gasteiger partial charge >= 0.3 is 0 Å². The minimum atomic E-state index is 0.00851. The topological polar surface area (TPSA) is 45.5 Å². The van der Waals surface area contributed by atoms with Gasteiger partial charge < -0.3 is 9.73 Å². The summed E-state index contributed by atoms with van der Waals surface area (Å²) in [7, 11) is 0. The largest absolute Gasteiger partial charge is 0.463 e. The van der Waals surface area contributed by atoms with E-state index in [-0.39, 0.29) is 11.4 Å². The summed E-state index contributed by atoms with van der Waals surface area (Å²) in [6.45, 7) is 2.40. The van der Waals surface area contributed by atoms with Crippen LogP contribution in [0.3, 0.4) is 0 Å². The molecule has 1 amide bonds.